The van der Waals surface area contributed by atoms with E-state index in [4.69, 9.17) is 9.47 Å². The number of rotatable bonds is 5. The molecule has 0 aromatic heterocycles. The average Bonchev–Trinajstić information content (AvgIpc) is 3.09. The fourth-order valence-electron chi connectivity index (χ4n) is 4.54. The van der Waals surface area contributed by atoms with Crippen LogP contribution in [0.4, 0.5) is 8.78 Å². The second kappa shape index (κ2) is 8.41. The normalized spacial score (nSPS) is 22.7. The molecular formula is C24H29F2NO2. The maximum Gasteiger partial charge on any atom is 0.162 e. The van der Waals surface area contributed by atoms with Gasteiger partial charge in [0, 0.05) is 17.7 Å². The van der Waals surface area contributed by atoms with Gasteiger partial charge >= 0.3 is 0 Å². The Bertz CT molecular complexity index is 832. The topological polar surface area (TPSA) is 21.7 Å². The fourth-order valence-corrected chi connectivity index (χ4v) is 4.54. The largest absolute Gasteiger partial charge is 0.489 e. The number of piperidine rings is 1. The zero-order valence-electron chi connectivity index (χ0n) is 17.2. The van der Waals surface area contributed by atoms with E-state index < -0.39 is 11.6 Å². The van der Waals surface area contributed by atoms with Crippen molar-refractivity contribution in [3.05, 3.63) is 65.2 Å². The van der Waals surface area contributed by atoms with Crippen molar-refractivity contribution in [2.45, 2.75) is 57.3 Å². The van der Waals surface area contributed by atoms with Crippen LogP contribution in [0.3, 0.4) is 0 Å². The molecule has 0 amide bonds. The Labute approximate surface area is 171 Å². The minimum absolute atomic E-state index is 0.0555. The van der Waals surface area contributed by atoms with Gasteiger partial charge in [-0.2, -0.15) is 0 Å². The third kappa shape index (κ3) is 4.78. The number of benzene rings is 2. The highest BCUT2D eigenvalue weighted by Crippen LogP contribution is 2.38. The van der Waals surface area contributed by atoms with Crippen LogP contribution in [0.5, 0.6) is 5.75 Å². The van der Waals surface area contributed by atoms with Gasteiger partial charge in [0.25, 0.3) is 0 Å². The summed E-state index contributed by atoms with van der Waals surface area (Å²) in [7, 11) is 0. The number of hydrogen-bond donors (Lipinski definition) is 0. The molecule has 0 aliphatic carbocycles. The molecule has 1 atom stereocenters. The van der Waals surface area contributed by atoms with Crippen molar-refractivity contribution in [2.75, 3.05) is 19.7 Å². The van der Waals surface area contributed by atoms with Crippen molar-refractivity contribution in [3.8, 4) is 5.75 Å². The highest BCUT2D eigenvalue weighted by Gasteiger charge is 2.37. The molecule has 0 N–H and O–H groups in total. The molecule has 0 radical (unpaired) electrons. The summed E-state index contributed by atoms with van der Waals surface area (Å²) in [5, 5.41) is 0. The first-order chi connectivity index (χ1) is 13.9. The Morgan fingerprint density at radius 2 is 1.76 bits per heavy atom. The Morgan fingerprint density at radius 3 is 2.41 bits per heavy atom. The van der Waals surface area contributed by atoms with Crippen molar-refractivity contribution in [1.29, 1.82) is 0 Å². The molecule has 5 heteroatoms. The summed E-state index contributed by atoms with van der Waals surface area (Å²) >= 11 is 0. The van der Waals surface area contributed by atoms with Gasteiger partial charge in [-0.25, -0.2) is 8.78 Å². The van der Waals surface area contributed by atoms with E-state index in [-0.39, 0.29) is 11.5 Å². The summed E-state index contributed by atoms with van der Waals surface area (Å²) < 4.78 is 39.8. The lowest BCUT2D eigenvalue weighted by molar-refractivity contribution is 0.0319. The summed E-state index contributed by atoms with van der Waals surface area (Å²) in [5.74, 6) is -1.04. The Balaban J connectivity index is 1.44. The first-order valence-electron chi connectivity index (χ1n) is 10.4. The first-order valence-corrected chi connectivity index (χ1v) is 10.4. The van der Waals surface area contributed by atoms with Gasteiger partial charge in [-0.1, -0.05) is 30.3 Å². The fraction of sp³-hybridized carbons (Fsp3) is 0.500. The molecule has 0 saturated carbocycles. The molecule has 2 aliphatic heterocycles. The number of halogens is 2. The van der Waals surface area contributed by atoms with Crippen molar-refractivity contribution < 1.29 is 18.3 Å². The van der Waals surface area contributed by atoms with E-state index in [1.165, 1.54) is 12.1 Å². The molecule has 2 aliphatic rings. The smallest absolute Gasteiger partial charge is 0.162 e. The van der Waals surface area contributed by atoms with Crippen LogP contribution < -0.4 is 4.74 Å². The highest BCUT2D eigenvalue weighted by molar-refractivity contribution is 5.38. The van der Waals surface area contributed by atoms with E-state index in [9.17, 15) is 8.78 Å². The maximum absolute atomic E-state index is 14.0. The van der Waals surface area contributed by atoms with Crippen LogP contribution in [0, 0.1) is 11.6 Å². The van der Waals surface area contributed by atoms with Gasteiger partial charge in [0.15, 0.2) is 11.6 Å². The summed E-state index contributed by atoms with van der Waals surface area (Å²) in [5.41, 5.74) is 1.73. The maximum atomic E-state index is 14.0. The monoisotopic (exact) mass is 401 g/mol. The van der Waals surface area contributed by atoms with E-state index in [0.717, 1.165) is 50.1 Å². The van der Waals surface area contributed by atoms with Crippen LogP contribution in [0.2, 0.25) is 0 Å². The number of ether oxygens (including phenoxy) is 2. The second-order valence-electron chi connectivity index (χ2n) is 8.82. The van der Waals surface area contributed by atoms with Gasteiger partial charge in [0.2, 0.25) is 0 Å². The lowest BCUT2D eigenvalue weighted by atomic mass is 9.87. The summed E-state index contributed by atoms with van der Waals surface area (Å²) in [6, 6.07) is 12.7. The van der Waals surface area contributed by atoms with Gasteiger partial charge in [-0.3, -0.25) is 4.90 Å². The Hall–Kier alpha value is -1.98. The Morgan fingerprint density at radius 1 is 1.07 bits per heavy atom. The third-order valence-electron chi connectivity index (χ3n) is 6.17. The van der Waals surface area contributed by atoms with E-state index in [2.05, 4.69) is 18.7 Å². The van der Waals surface area contributed by atoms with Crippen LogP contribution in [-0.4, -0.2) is 36.2 Å². The molecule has 29 heavy (non-hydrogen) atoms. The quantitative estimate of drug-likeness (QED) is 0.679. The average molecular weight is 401 g/mol. The van der Waals surface area contributed by atoms with Crippen LogP contribution in [-0.2, 0) is 11.3 Å². The molecule has 156 valence electrons. The molecule has 0 bridgehead atoms. The molecule has 4 rings (SSSR count). The molecule has 3 nitrogen and oxygen atoms in total. The molecule has 2 aromatic rings. The van der Waals surface area contributed by atoms with E-state index in [0.29, 0.717) is 18.4 Å². The molecule has 0 spiro atoms. The van der Waals surface area contributed by atoms with Gasteiger partial charge in [-0.05, 0) is 63.7 Å². The molecule has 0 unspecified atom stereocenters. The van der Waals surface area contributed by atoms with Gasteiger partial charge in [0.05, 0.1) is 12.2 Å². The van der Waals surface area contributed by atoms with Crippen molar-refractivity contribution in [3.63, 3.8) is 0 Å². The number of likely N-dealkylation sites (tertiary alicyclic amines) is 1. The van der Waals surface area contributed by atoms with Crippen molar-refractivity contribution >= 4 is 0 Å². The van der Waals surface area contributed by atoms with Crippen LogP contribution in [0.1, 0.15) is 50.2 Å². The van der Waals surface area contributed by atoms with E-state index in [1.54, 1.807) is 0 Å². The minimum Gasteiger partial charge on any atom is -0.489 e. The third-order valence-corrected chi connectivity index (χ3v) is 6.17. The molecule has 2 saturated heterocycles. The predicted molar refractivity (Wildman–Crippen MR) is 109 cm³/mol. The van der Waals surface area contributed by atoms with Crippen molar-refractivity contribution in [1.82, 2.24) is 4.90 Å². The zero-order chi connectivity index (χ0) is 20.4. The van der Waals surface area contributed by atoms with Gasteiger partial charge < -0.3 is 9.47 Å². The number of nitrogens with zero attached hydrogens (tertiary/aromatic N) is 1. The van der Waals surface area contributed by atoms with Gasteiger partial charge in [0.1, 0.15) is 12.4 Å². The molecular weight excluding hydrogens is 372 g/mol. The second-order valence-corrected chi connectivity index (χ2v) is 8.82. The summed E-state index contributed by atoms with van der Waals surface area (Å²) in [6.45, 7) is 7.26. The van der Waals surface area contributed by atoms with Crippen LogP contribution in [0.25, 0.3) is 0 Å². The summed E-state index contributed by atoms with van der Waals surface area (Å²) in [4.78, 5) is 2.48. The van der Waals surface area contributed by atoms with E-state index >= 15 is 0 Å². The highest BCUT2D eigenvalue weighted by atomic mass is 19.2. The lowest BCUT2D eigenvalue weighted by Crippen LogP contribution is -2.41. The minimum atomic E-state index is -0.861. The van der Waals surface area contributed by atoms with Crippen LogP contribution >= 0.6 is 0 Å². The molecule has 2 aromatic carbocycles. The molecule has 2 heterocycles. The SMILES string of the molecule is CC1(C)C[C@H](N2CCC(c3cc(F)c(F)cc3OCc3ccccc3)CC2)CO1. The van der Waals surface area contributed by atoms with Gasteiger partial charge in [-0.15, -0.1) is 0 Å². The predicted octanol–water partition coefficient (Wildman–Crippen LogP) is 5.29. The molecule has 2 fully saturated rings. The van der Waals surface area contributed by atoms with Crippen LogP contribution in [0.15, 0.2) is 42.5 Å². The van der Waals surface area contributed by atoms with Crippen molar-refractivity contribution in [2.24, 2.45) is 0 Å². The first kappa shape index (κ1) is 20.3. The lowest BCUT2D eigenvalue weighted by Gasteiger charge is -2.36. The summed E-state index contributed by atoms with van der Waals surface area (Å²) in [6.07, 6.45) is 2.85. The Kier molecular flexibility index (Phi) is 5.88. The standard InChI is InChI=1S/C24H29F2NO2/c1-24(2)14-19(16-29-24)27-10-8-18(9-11-27)20-12-21(25)22(26)13-23(20)28-15-17-6-4-3-5-7-17/h3-7,12-13,18-19H,8-11,14-16H2,1-2H3/t19-/m0/s1. The number of hydrogen-bond acceptors (Lipinski definition) is 3. The zero-order valence-corrected chi connectivity index (χ0v) is 17.2. The van der Waals surface area contributed by atoms with E-state index in [1.807, 2.05) is 30.3 Å².